The van der Waals surface area contributed by atoms with Crippen LogP contribution in [0.1, 0.15) is 44.8 Å². The third kappa shape index (κ3) is 5.13. The number of hydrogen-bond donors (Lipinski definition) is 2. The van der Waals surface area contributed by atoms with Crippen LogP contribution >= 0.6 is 11.3 Å². The number of carbonyl (C=O) groups is 2. The number of para-hydroxylation sites is 1. The number of anilines is 1. The van der Waals surface area contributed by atoms with E-state index in [4.69, 9.17) is 10.5 Å². The molecular weight excluding hydrogens is 434 g/mol. The van der Waals surface area contributed by atoms with Gasteiger partial charge in [-0.25, -0.2) is 0 Å². The molecule has 0 bridgehead atoms. The van der Waals surface area contributed by atoms with Crippen molar-refractivity contribution >= 4 is 34.2 Å². The zero-order valence-electron chi connectivity index (χ0n) is 18.0. The summed E-state index contributed by atoms with van der Waals surface area (Å²) < 4.78 is 5.93. The molecule has 0 radical (unpaired) electrons. The molecule has 2 aromatic carbocycles. The SMILES string of the molecule is N#C/C(=C\c1ccccc1OCc1ccccc1)C(=O)Nc1sc2c(c1C(N)=O)CCCC2. The van der Waals surface area contributed by atoms with Gasteiger partial charge in [-0.15, -0.1) is 11.3 Å². The van der Waals surface area contributed by atoms with E-state index in [1.54, 1.807) is 12.1 Å². The van der Waals surface area contributed by atoms with Gasteiger partial charge in [0.15, 0.2) is 0 Å². The van der Waals surface area contributed by atoms with E-state index in [9.17, 15) is 14.9 Å². The zero-order chi connectivity index (χ0) is 23.2. The quantitative estimate of drug-likeness (QED) is 0.391. The summed E-state index contributed by atoms with van der Waals surface area (Å²) in [6.45, 7) is 0.364. The Kier molecular flexibility index (Phi) is 6.86. The largest absolute Gasteiger partial charge is 0.488 e. The Morgan fingerprint density at radius 3 is 2.58 bits per heavy atom. The van der Waals surface area contributed by atoms with Crippen LogP contribution in [-0.2, 0) is 24.2 Å². The molecule has 0 saturated heterocycles. The average Bonchev–Trinajstić information content (AvgIpc) is 3.20. The Bertz CT molecular complexity index is 1260. The Morgan fingerprint density at radius 1 is 1.09 bits per heavy atom. The summed E-state index contributed by atoms with van der Waals surface area (Å²) in [7, 11) is 0. The number of fused-ring (bicyclic) bond motifs is 1. The number of aryl methyl sites for hydroxylation is 1. The second-order valence-electron chi connectivity index (χ2n) is 7.72. The molecule has 3 N–H and O–H groups in total. The Labute approximate surface area is 196 Å². The molecule has 0 atom stereocenters. The van der Waals surface area contributed by atoms with Gasteiger partial charge in [0, 0.05) is 10.4 Å². The van der Waals surface area contributed by atoms with Crippen LogP contribution in [0.5, 0.6) is 5.75 Å². The van der Waals surface area contributed by atoms with E-state index in [0.29, 0.717) is 28.5 Å². The first-order valence-corrected chi connectivity index (χ1v) is 11.5. The highest BCUT2D eigenvalue weighted by Gasteiger charge is 2.25. The first-order valence-electron chi connectivity index (χ1n) is 10.7. The van der Waals surface area contributed by atoms with Gasteiger partial charge < -0.3 is 15.8 Å². The standard InChI is InChI=1S/C26H23N3O3S/c27-15-19(14-18-10-4-6-12-21(18)32-16-17-8-2-1-3-9-17)25(31)29-26-23(24(28)30)20-11-5-7-13-22(20)33-26/h1-4,6,8-10,12,14H,5,7,11,13,16H2,(H2,28,30)(H,29,31)/b19-14+. The molecule has 33 heavy (non-hydrogen) atoms. The minimum Gasteiger partial charge on any atom is -0.488 e. The van der Waals surface area contributed by atoms with Gasteiger partial charge in [0.05, 0.1) is 5.56 Å². The van der Waals surface area contributed by atoms with E-state index in [-0.39, 0.29) is 5.57 Å². The lowest BCUT2D eigenvalue weighted by Crippen LogP contribution is -2.19. The molecule has 0 fully saturated rings. The molecule has 3 aromatic rings. The fourth-order valence-corrected chi connectivity index (χ4v) is 5.15. The summed E-state index contributed by atoms with van der Waals surface area (Å²) in [5.74, 6) is -0.588. The van der Waals surface area contributed by atoms with Crippen molar-refractivity contribution in [2.24, 2.45) is 5.73 Å². The van der Waals surface area contributed by atoms with Gasteiger partial charge in [0.2, 0.25) is 0 Å². The van der Waals surface area contributed by atoms with Crippen LogP contribution in [0.2, 0.25) is 0 Å². The van der Waals surface area contributed by atoms with E-state index in [2.05, 4.69) is 5.32 Å². The zero-order valence-corrected chi connectivity index (χ0v) is 18.8. The second-order valence-corrected chi connectivity index (χ2v) is 8.82. The Morgan fingerprint density at radius 2 is 1.82 bits per heavy atom. The molecule has 0 spiro atoms. The number of nitrogens with two attached hydrogens (primary N) is 1. The summed E-state index contributed by atoms with van der Waals surface area (Å²) in [4.78, 5) is 26.1. The highest BCUT2D eigenvalue weighted by atomic mass is 32.1. The fraction of sp³-hybridized carbons (Fsp3) is 0.192. The van der Waals surface area contributed by atoms with Crippen molar-refractivity contribution in [3.8, 4) is 11.8 Å². The van der Waals surface area contributed by atoms with E-state index in [1.807, 2.05) is 48.5 Å². The number of nitriles is 1. The first-order chi connectivity index (χ1) is 16.1. The Balaban J connectivity index is 1.57. The van der Waals surface area contributed by atoms with Gasteiger partial charge in [0.25, 0.3) is 11.8 Å². The van der Waals surface area contributed by atoms with Crippen molar-refractivity contribution in [2.75, 3.05) is 5.32 Å². The van der Waals surface area contributed by atoms with Gasteiger partial charge in [-0.3, -0.25) is 9.59 Å². The van der Waals surface area contributed by atoms with Gasteiger partial charge >= 0.3 is 0 Å². The van der Waals surface area contributed by atoms with Crippen LogP contribution in [0.15, 0.2) is 60.2 Å². The van der Waals surface area contributed by atoms with Crippen molar-refractivity contribution in [3.05, 3.63) is 87.3 Å². The molecule has 166 valence electrons. The number of hydrogen-bond acceptors (Lipinski definition) is 5. The number of amides is 2. The number of benzene rings is 2. The summed E-state index contributed by atoms with van der Waals surface area (Å²) in [5, 5.41) is 12.8. The minimum atomic E-state index is -0.587. The van der Waals surface area contributed by atoms with Gasteiger partial charge in [0.1, 0.15) is 29.0 Å². The summed E-state index contributed by atoms with van der Waals surface area (Å²) in [5.41, 5.74) is 8.44. The monoisotopic (exact) mass is 457 g/mol. The normalized spacial score (nSPS) is 13.0. The van der Waals surface area contributed by atoms with Crippen molar-refractivity contribution in [2.45, 2.75) is 32.3 Å². The van der Waals surface area contributed by atoms with Crippen LogP contribution in [0.3, 0.4) is 0 Å². The van der Waals surface area contributed by atoms with Crippen molar-refractivity contribution in [1.82, 2.24) is 0 Å². The predicted octanol–water partition coefficient (Wildman–Crippen LogP) is 4.85. The molecule has 4 rings (SSSR count). The van der Waals surface area contributed by atoms with Gasteiger partial charge in [-0.2, -0.15) is 5.26 Å². The van der Waals surface area contributed by atoms with Gasteiger partial charge in [-0.1, -0.05) is 48.5 Å². The van der Waals surface area contributed by atoms with Crippen LogP contribution in [0.25, 0.3) is 6.08 Å². The molecule has 1 aliphatic carbocycles. The second kappa shape index (κ2) is 10.2. The minimum absolute atomic E-state index is 0.0902. The molecule has 1 aliphatic rings. The average molecular weight is 458 g/mol. The molecule has 6 nitrogen and oxygen atoms in total. The molecule has 0 aliphatic heterocycles. The molecule has 1 aromatic heterocycles. The summed E-state index contributed by atoms with van der Waals surface area (Å²) in [6.07, 6.45) is 5.16. The van der Waals surface area contributed by atoms with Crippen molar-refractivity contribution < 1.29 is 14.3 Å². The van der Waals surface area contributed by atoms with E-state index >= 15 is 0 Å². The number of rotatable bonds is 7. The topological polar surface area (TPSA) is 105 Å². The lowest BCUT2D eigenvalue weighted by Gasteiger charge is -2.11. The number of thiophene rings is 1. The van der Waals surface area contributed by atoms with Crippen LogP contribution in [0, 0.1) is 11.3 Å². The number of nitrogens with one attached hydrogen (secondary N) is 1. The molecule has 7 heteroatoms. The number of carbonyl (C=O) groups excluding carboxylic acids is 2. The fourth-order valence-electron chi connectivity index (χ4n) is 3.86. The molecule has 2 amide bonds. The summed E-state index contributed by atoms with van der Waals surface area (Å²) >= 11 is 1.37. The lowest BCUT2D eigenvalue weighted by atomic mass is 9.95. The number of ether oxygens (including phenoxy) is 1. The van der Waals surface area contributed by atoms with E-state index < -0.39 is 11.8 Å². The van der Waals surface area contributed by atoms with Crippen LogP contribution < -0.4 is 15.8 Å². The smallest absolute Gasteiger partial charge is 0.266 e. The maximum Gasteiger partial charge on any atom is 0.266 e. The van der Waals surface area contributed by atoms with Crippen LogP contribution in [0.4, 0.5) is 5.00 Å². The third-order valence-electron chi connectivity index (χ3n) is 5.47. The lowest BCUT2D eigenvalue weighted by molar-refractivity contribution is -0.112. The van der Waals surface area contributed by atoms with E-state index in [0.717, 1.165) is 41.7 Å². The van der Waals surface area contributed by atoms with Gasteiger partial charge in [-0.05, 0) is 49.0 Å². The number of nitrogens with zero attached hydrogens (tertiary/aromatic N) is 1. The van der Waals surface area contributed by atoms with Crippen LogP contribution in [-0.4, -0.2) is 11.8 Å². The van der Waals surface area contributed by atoms with Crippen molar-refractivity contribution in [3.63, 3.8) is 0 Å². The molecule has 1 heterocycles. The Hall–Kier alpha value is -3.89. The maximum absolute atomic E-state index is 12.9. The third-order valence-corrected chi connectivity index (χ3v) is 6.67. The van der Waals surface area contributed by atoms with E-state index in [1.165, 1.54) is 17.4 Å². The number of primary amides is 1. The maximum atomic E-state index is 12.9. The summed E-state index contributed by atoms with van der Waals surface area (Å²) in [6, 6.07) is 18.9. The highest BCUT2D eigenvalue weighted by Crippen LogP contribution is 2.38. The highest BCUT2D eigenvalue weighted by molar-refractivity contribution is 7.17. The predicted molar refractivity (Wildman–Crippen MR) is 129 cm³/mol. The first kappa shape index (κ1) is 22.3. The molecule has 0 unspecified atom stereocenters. The van der Waals surface area contributed by atoms with Crippen molar-refractivity contribution in [1.29, 1.82) is 5.26 Å². The molecular formula is C26H23N3O3S. The molecule has 0 saturated carbocycles.